The number of halogens is 1. The molecule has 3 heterocycles. The Balaban J connectivity index is 1.15. The third-order valence-corrected chi connectivity index (χ3v) is 6.29. The van der Waals surface area contributed by atoms with E-state index in [1.165, 1.54) is 12.1 Å². The molecule has 2 aromatic heterocycles. The van der Waals surface area contributed by atoms with Gasteiger partial charge < -0.3 is 14.6 Å². The van der Waals surface area contributed by atoms with Gasteiger partial charge in [0.05, 0.1) is 24.0 Å². The van der Waals surface area contributed by atoms with Crippen LogP contribution in [0, 0.1) is 5.82 Å². The number of nitrogens with one attached hydrogen (secondary N) is 1. The van der Waals surface area contributed by atoms with Crippen molar-refractivity contribution in [2.24, 2.45) is 0 Å². The van der Waals surface area contributed by atoms with Gasteiger partial charge in [-0.25, -0.2) is 9.37 Å². The summed E-state index contributed by atoms with van der Waals surface area (Å²) in [5, 5.41) is 2.90. The molecule has 2 aromatic carbocycles. The Hall–Kier alpha value is -4.07. The van der Waals surface area contributed by atoms with Crippen LogP contribution in [-0.4, -0.2) is 44.2 Å². The molecule has 5 rings (SSSR count). The molecular weight excluding hydrogens is 433 g/mol. The van der Waals surface area contributed by atoms with Gasteiger partial charge in [0, 0.05) is 37.2 Å². The van der Waals surface area contributed by atoms with E-state index in [2.05, 4.69) is 15.3 Å². The molecule has 0 aliphatic carbocycles. The Morgan fingerprint density at radius 2 is 1.79 bits per heavy atom. The minimum absolute atomic E-state index is 0.122. The lowest BCUT2D eigenvalue weighted by Gasteiger charge is -2.32. The van der Waals surface area contributed by atoms with Gasteiger partial charge in [-0.15, -0.1) is 0 Å². The molecule has 0 atom stereocenters. The first-order valence-corrected chi connectivity index (χ1v) is 11.3. The van der Waals surface area contributed by atoms with E-state index in [9.17, 15) is 14.0 Å². The summed E-state index contributed by atoms with van der Waals surface area (Å²) >= 11 is 0. The number of fused-ring (bicyclic) bond motifs is 1. The van der Waals surface area contributed by atoms with Crippen LogP contribution >= 0.6 is 0 Å². The normalized spacial score (nSPS) is 14.3. The third kappa shape index (κ3) is 4.52. The third-order valence-electron chi connectivity index (χ3n) is 6.29. The van der Waals surface area contributed by atoms with Crippen LogP contribution in [-0.2, 0) is 6.54 Å². The molecule has 1 N–H and O–H groups in total. The lowest BCUT2D eigenvalue weighted by Crippen LogP contribution is -2.38. The van der Waals surface area contributed by atoms with E-state index in [1.54, 1.807) is 29.4 Å². The smallest absolute Gasteiger partial charge is 0.256 e. The Kier molecular flexibility index (Phi) is 6.03. The molecule has 0 spiro atoms. The standard InChI is InChI=1S/C26H24FN5O2/c27-23-4-2-1-3-22(23)26(34)31-12-9-19(10-13-31)18-5-7-20(8-6-18)25(33)30-15-21-17-32-14-11-28-24(32)16-29-21/h1-8,11,14,16-17,19H,9-10,12-13,15H2,(H,30,33). The molecule has 172 valence electrons. The first-order valence-electron chi connectivity index (χ1n) is 11.3. The zero-order chi connectivity index (χ0) is 23.5. The highest BCUT2D eigenvalue weighted by Gasteiger charge is 2.26. The molecule has 1 aliphatic heterocycles. The second-order valence-corrected chi connectivity index (χ2v) is 8.42. The molecule has 1 fully saturated rings. The topological polar surface area (TPSA) is 79.6 Å². The molecule has 2 amide bonds. The number of carbonyl (C=O) groups is 2. The Morgan fingerprint density at radius 1 is 1.03 bits per heavy atom. The lowest BCUT2D eigenvalue weighted by atomic mass is 9.88. The fourth-order valence-electron chi connectivity index (χ4n) is 4.36. The number of amides is 2. The maximum atomic E-state index is 14.0. The number of hydrogen-bond donors (Lipinski definition) is 1. The quantitative estimate of drug-likeness (QED) is 0.494. The first-order chi connectivity index (χ1) is 16.6. The molecule has 1 aliphatic rings. The van der Waals surface area contributed by atoms with Crippen LogP contribution in [0.2, 0.25) is 0 Å². The van der Waals surface area contributed by atoms with Crippen LogP contribution in [0.1, 0.15) is 50.7 Å². The Labute approximate surface area is 196 Å². The summed E-state index contributed by atoms with van der Waals surface area (Å²) in [6, 6.07) is 13.7. The van der Waals surface area contributed by atoms with Crippen molar-refractivity contribution in [2.75, 3.05) is 13.1 Å². The summed E-state index contributed by atoms with van der Waals surface area (Å²) < 4.78 is 15.8. The van der Waals surface area contributed by atoms with Crippen molar-refractivity contribution in [3.05, 3.63) is 102 Å². The number of carbonyl (C=O) groups excluding carboxylic acids is 2. The number of likely N-dealkylation sites (tertiary alicyclic amines) is 1. The van der Waals surface area contributed by atoms with Crippen molar-refractivity contribution in [1.82, 2.24) is 24.6 Å². The van der Waals surface area contributed by atoms with Gasteiger partial charge in [0.25, 0.3) is 11.8 Å². The highest BCUT2D eigenvalue weighted by molar-refractivity contribution is 5.95. The molecule has 8 heteroatoms. The number of piperidine rings is 1. The van der Waals surface area contributed by atoms with Gasteiger partial charge >= 0.3 is 0 Å². The van der Waals surface area contributed by atoms with Gasteiger partial charge in [-0.1, -0.05) is 24.3 Å². The number of nitrogens with zero attached hydrogens (tertiary/aromatic N) is 4. The molecule has 7 nitrogen and oxygen atoms in total. The van der Waals surface area contributed by atoms with Crippen molar-refractivity contribution in [2.45, 2.75) is 25.3 Å². The molecule has 0 radical (unpaired) electrons. The second kappa shape index (κ2) is 9.43. The molecule has 0 saturated carbocycles. The monoisotopic (exact) mass is 457 g/mol. The average molecular weight is 458 g/mol. The van der Waals surface area contributed by atoms with Crippen molar-refractivity contribution in [3.63, 3.8) is 0 Å². The van der Waals surface area contributed by atoms with Crippen LogP contribution in [0.15, 0.2) is 73.3 Å². The highest BCUT2D eigenvalue weighted by Crippen LogP contribution is 2.29. The maximum absolute atomic E-state index is 14.0. The SMILES string of the molecule is O=C(NCc1cn2ccnc2cn1)c1ccc(C2CCN(C(=O)c3ccccc3F)CC2)cc1. The van der Waals surface area contributed by atoms with Crippen molar-refractivity contribution >= 4 is 17.5 Å². The van der Waals surface area contributed by atoms with Crippen LogP contribution in [0.25, 0.3) is 5.65 Å². The van der Waals surface area contributed by atoms with Crippen molar-refractivity contribution < 1.29 is 14.0 Å². The predicted molar refractivity (Wildman–Crippen MR) is 125 cm³/mol. The second-order valence-electron chi connectivity index (χ2n) is 8.42. The average Bonchev–Trinajstić information content (AvgIpc) is 3.35. The number of benzene rings is 2. The van der Waals surface area contributed by atoms with Crippen LogP contribution in [0.4, 0.5) is 4.39 Å². The van der Waals surface area contributed by atoms with Gasteiger partial charge in [0.15, 0.2) is 5.65 Å². The minimum Gasteiger partial charge on any atom is -0.346 e. The summed E-state index contributed by atoms with van der Waals surface area (Å²) in [5.74, 6) is -0.607. The number of hydrogen-bond acceptors (Lipinski definition) is 4. The fraction of sp³-hybridized carbons (Fsp3) is 0.231. The van der Waals surface area contributed by atoms with Gasteiger partial charge in [-0.2, -0.15) is 0 Å². The molecule has 4 aromatic rings. The predicted octanol–water partition coefficient (Wildman–Crippen LogP) is 3.82. The fourth-order valence-corrected chi connectivity index (χ4v) is 4.36. The molecule has 34 heavy (non-hydrogen) atoms. The van der Waals surface area contributed by atoms with E-state index in [0.29, 0.717) is 31.1 Å². The number of imidazole rings is 1. The largest absolute Gasteiger partial charge is 0.346 e. The number of aromatic nitrogens is 3. The summed E-state index contributed by atoms with van der Waals surface area (Å²) in [7, 11) is 0. The number of rotatable bonds is 5. The van der Waals surface area contributed by atoms with E-state index in [4.69, 9.17) is 0 Å². The van der Waals surface area contributed by atoms with E-state index < -0.39 is 5.82 Å². The molecule has 0 unspecified atom stereocenters. The van der Waals surface area contributed by atoms with Crippen molar-refractivity contribution in [3.8, 4) is 0 Å². The van der Waals surface area contributed by atoms with E-state index in [1.807, 2.05) is 41.1 Å². The van der Waals surface area contributed by atoms with Gasteiger partial charge in [-0.05, 0) is 48.6 Å². The van der Waals surface area contributed by atoms with Gasteiger partial charge in [0.2, 0.25) is 0 Å². The minimum atomic E-state index is -0.485. The summed E-state index contributed by atoms with van der Waals surface area (Å²) in [4.78, 5) is 35.4. The van der Waals surface area contributed by atoms with Crippen LogP contribution in [0.5, 0.6) is 0 Å². The molecule has 1 saturated heterocycles. The van der Waals surface area contributed by atoms with E-state index in [0.717, 1.165) is 29.7 Å². The molecule has 0 bridgehead atoms. The van der Waals surface area contributed by atoms with E-state index in [-0.39, 0.29) is 17.4 Å². The summed E-state index contributed by atoms with van der Waals surface area (Å²) in [6.07, 6.45) is 8.65. The van der Waals surface area contributed by atoms with Gasteiger partial charge in [-0.3, -0.25) is 14.6 Å². The highest BCUT2D eigenvalue weighted by atomic mass is 19.1. The summed E-state index contributed by atoms with van der Waals surface area (Å²) in [5.41, 5.74) is 3.35. The van der Waals surface area contributed by atoms with Crippen LogP contribution < -0.4 is 5.32 Å². The summed E-state index contributed by atoms with van der Waals surface area (Å²) in [6.45, 7) is 1.48. The molecular formula is C26H24FN5O2. The Morgan fingerprint density at radius 3 is 2.56 bits per heavy atom. The maximum Gasteiger partial charge on any atom is 0.256 e. The zero-order valence-electron chi connectivity index (χ0n) is 18.5. The van der Waals surface area contributed by atoms with Gasteiger partial charge in [0.1, 0.15) is 5.82 Å². The zero-order valence-corrected chi connectivity index (χ0v) is 18.5. The first kappa shape index (κ1) is 21.8. The van der Waals surface area contributed by atoms with E-state index >= 15 is 0 Å². The lowest BCUT2D eigenvalue weighted by molar-refractivity contribution is 0.0708. The Bertz CT molecular complexity index is 1330. The van der Waals surface area contributed by atoms with Crippen molar-refractivity contribution in [1.29, 1.82) is 0 Å². The van der Waals surface area contributed by atoms with Crippen LogP contribution in [0.3, 0.4) is 0 Å².